The van der Waals surface area contributed by atoms with E-state index in [1.54, 1.807) is 0 Å². The van der Waals surface area contributed by atoms with E-state index in [0.717, 1.165) is 38.8 Å². The molecule has 0 rings (SSSR count). The highest BCUT2D eigenvalue weighted by atomic mass is 14.5. The van der Waals surface area contributed by atoms with Crippen molar-refractivity contribution in [2.75, 3.05) is 13.1 Å². The molecule has 2 nitrogen and oxygen atoms in total. The first kappa shape index (κ1) is 10.7. The van der Waals surface area contributed by atoms with Crippen molar-refractivity contribution in [2.24, 2.45) is 11.5 Å². The first-order valence-electron chi connectivity index (χ1n) is 4.38. The van der Waals surface area contributed by atoms with Gasteiger partial charge in [0.15, 0.2) is 0 Å². The van der Waals surface area contributed by atoms with Crippen LogP contribution in [-0.2, 0) is 0 Å². The van der Waals surface area contributed by atoms with Crippen LogP contribution in [0.2, 0.25) is 0 Å². The number of nitrogens with two attached hydrogens (primary N) is 2. The van der Waals surface area contributed by atoms with Gasteiger partial charge in [0, 0.05) is 0 Å². The number of hydrogen-bond acceptors (Lipinski definition) is 2. The highest BCUT2D eigenvalue weighted by Gasteiger charge is 1.93. The molecule has 0 saturated carbocycles. The van der Waals surface area contributed by atoms with Crippen molar-refractivity contribution in [2.45, 2.75) is 32.1 Å². The van der Waals surface area contributed by atoms with Crippen LogP contribution in [0.4, 0.5) is 0 Å². The van der Waals surface area contributed by atoms with E-state index in [0.29, 0.717) is 0 Å². The Kier molecular flexibility index (Phi) is 7.52. The molecule has 2 heteroatoms. The van der Waals surface area contributed by atoms with Crippen LogP contribution >= 0.6 is 0 Å². The summed E-state index contributed by atoms with van der Waals surface area (Å²) in [5, 5.41) is 0. The molecule has 0 aliphatic rings. The average Bonchev–Trinajstić information content (AvgIpc) is 2.01. The molecule has 0 aromatic rings. The second-order valence-electron chi connectivity index (χ2n) is 2.89. The molecule has 0 atom stereocenters. The second-order valence-corrected chi connectivity index (χ2v) is 2.89. The van der Waals surface area contributed by atoms with Crippen LogP contribution in [0.25, 0.3) is 0 Å². The molecule has 4 N–H and O–H groups in total. The molecule has 0 amide bonds. The van der Waals surface area contributed by atoms with E-state index in [1.165, 1.54) is 12.0 Å². The Bertz CT molecular complexity index is 99.7. The van der Waals surface area contributed by atoms with Gasteiger partial charge in [-0.3, -0.25) is 0 Å². The average molecular weight is 156 g/mol. The maximum atomic E-state index is 5.37. The fourth-order valence-corrected chi connectivity index (χ4v) is 0.996. The first-order chi connectivity index (χ1) is 5.31. The van der Waals surface area contributed by atoms with E-state index in [-0.39, 0.29) is 0 Å². The highest BCUT2D eigenvalue weighted by Crippen LogP contribution is 2.09. The van der Waals surface area contributed by atoms with E-state index in [2.05, 4.69) is 6.58 Å². The van der Waals surface area contributed by atoms with Crippen LogP contribution in [0.15, 0.2) is 12.2 Å². The van der Waals surface area contributed by atoms with Gasteiger partial charge in [-0.1, -0.05) is 12.2 Å². The summed E-state index contributed by atoms with van der Waals surface area (Å²) in [6.45, 7) is 5.54. The van der Waals surface area contributed by atoms with E-state index in [4.69, 9.17) is 11.5 Å². The Labute approximate surface area is 69.6 Å². The van der Waals surface area contributed by atoms with Crippen molar-refractivity contribution >= 4 is 0 Å². The molecule has 0 aromatic carbocycles. The van der Waals surface area contributed by atoms with E-state index >= 15 is 0 Å². The molecule has 0 radical (unpaired) electrons. The molecule has 0 aliphatic heterocycles. The van der Waals surface area contributed by atoms with Gasteiger partial charge in [0.05, 0.1) is 0 Å². The lowest BCUT2D eigenvalue weighted by molar-refractivity contribution is 0.704. The van der Waals surface area contributed by atoms with Crippen LogP contribution in [0.3, 0.4) is 0 Å². The Morgan fingerprint density at radius 1 is 0.909 bits per heavy atom. The third kappa shape index (κ3) is 7.56. The SMILES string of the molecule is C=C(CCCN)CCCCN. The Hall–Kier alpha value is -0.340. The molecule has 0 unspecified atom stereocenters. The first-order valence-corrected chi connectivity index (χ1v) is 4.38. The Balaban J connectivity index is 3.09. The minimum Gasteiger partial charge on any atom is -0.330 e. The zero-order valence-corrected chi connectivity index (χ0v) is 7.31. The Morgan fingerprint density at radius 2 is 1.45 bits per heavy atom. The van der Waals surface area contributed by atoms with Gasteiger partial charge in [-0.2, -0.15) is 0 Å². The smallest absolute Gasteiger partial charge is 0.00742 e. The molecular formula is C9H20N2. The third-order valence-corrected chi connectivity index (χ3v) is 1.72. The maximum absolute atomic E-state index is 5.37. The van der Waals surface area contributed by atoms with Crippen molar-refractivity contribution in [1.82, 2.24) is 0 Å². The fraction of sp³-hybridized carbons (Fsp3) is 0.778. The van der Waals surface area contributed by atoms with Crippen molar-refractivity contribution in [3.8, 4) is 0 Å². The summed E-state index contributed by atoms with van der Waals surface area (Å²) in [4.78, 5) is 0. The van der Waals surface area contributed by atoms with Crippen molar-refractivity contribution < 1.29 is 0 Å². The van der Waals surface area contributed by atoms with Gasteiger partial charge in [-0.15, -0.1) is 0 Å². The van der Waals surface area contributed by atoms with Crippen LogP contribution in [0, 0.1) is 0 Å². The summed E-state index contributed by atoms with van der Waals surface area (Å²) in [5.41, 5.74) is 12.1. The van der Waals surface area contributed by atoms with Gasteiger partial charge in [-0.05, 0) is 45.2 Å². The van der Waals surface area contributed by atoms with Crippen LogP contribution in [-0.4, -0.2) is 13.1 Å². The van der Waals surface area contributed by atoms with Crippen molar-refractivity contribution in [3.63, 3.8) is 0 Å². The Morgan fingerprint density at radius 3 is 2.00 bits per heavy atom. The lowest BCUT2D eigenvalue weighted by atomic mass is 10.1. The monoisotopic (exact) mass is 156 g/mol. The lowest BCUT2D eigenvalue weighted by Gasteiger charge is -2.02. The van der Waals surface area contributed by atoms with Gasteiger partial charge >= 0.3 is 0 Å². The van der Waals surface area contributed by atoms with E-state index < -0.39 is 0 Å². The molecule has 0 saturated heterocycles. The van der Waals surface area contributed by atoms with Gasteiger partial charge in [-0.25, -0.2) is 0 Å². The summed E-state index contributed by atoms with van der Waals surface area (Å²) in [7, 11) is 0. The van der Waals surface area contributed by atoms with Gasteiger partial charge < -0.3 is 11.5 Å². The number of allylic oxidation sites excluding steroid dienone is 1. The van der Waals surface area contributed by atoms with E-state index in [9.17, 15) is 0 Å². The standard InChI is InChI=1S/C9H20N2/c1-9(6-4-8-11)5-2-3-7-10/h1-8,10-11H2. The summed E-state index contributed by atoms with van der Waals surface area (Å²) < 4.78 is 0. The predicted molar refractivity (Wildman–Crippen MR) is 50.3 cm³/mol. The number of rotatable bonds is 7. The summed E-state index contributed by atoms with van der Waals surface area (Å²) in [5.74, 6) is 0. The van der Waals surface area contributed by atoms with E-state index in [1.807, 2.05) is 0 Å². The largest absolute Gasteiger partial charge is 0.330 e. The molecule has 0 aliphatic carbocycles. The highest BCUT2D eigenvalue weighted by molar-refractivity contribution is 4.93. The quantitative estimate of drug-likeness (QED) is 0.432. The number of hydrogen-bond donors (Lipinski definition) is 2. The van der Waals surface area contributed by atoms with Crippen LogP contribution in [0.5, 0.6) is 0 Å². The molecule has 0 heterocycles. The molecule has 0 aromatic heterocycles. The fourth-order valence-electron chi connectivity index (χ4n) is 0.996. The summed E-state index contributed by atoms with van der Waals surface area (Å²) >= 11 is 0. The van der Waals surface area contributed by atoms with Gasteiger partial charge in [0.1, 0.15) is 0 Å². The zero-order valence-electron chi connectivity index (χ0n) is 7.31. The van der Waals surface area contributed by atoms with Crippen LogP contribution in [0.1, 0.15) is 32.1 Å². The van der Waals surface area contributed by atoms with Crippen molar-refractivity contribution in [1.29, 1.82) is 0 Å². The molecule has 0 bridgehead atoms. The molecule has 0 spiro atoms. The number of unbranched alkanes of at least 4 members (excludes halogenated alkanes) is 1. The minimum atomic E-state index is 0.774. The lowest BCUT2D eigenvalue weighted by Crippen LogP contribution is -2.00. The maximum Gasteiger partial charge on any atom is -0.00742 e. The topological polar surface area (TPSA) is 52.0 Å². The second kappa shape index (κ2) is 7.76. The molecule has 66 valence electrons. The molecular weight excluding hydrogens is 136 g/mol. The normalized spacial score (nSPS) is 10.0. The van der Waals surface area contributed by atoms with Gasteiger partial charge in [0.25, 0.3) is 0 Å². The molecule has 0 fully saturated rings. The molecule has 11 heavy (non-hydrogen) atoms. The third-order valence-electron chi connectivity index (χ3n) is 1.72. The van der Waals surface area contributed by atoms with Gasteiger partial charge in [0.2, 0.25) is 0 Å². The zero-order chi connectivity index (χ0) is 8.53. The predicted octanol–water partition coefficient (Wildman–Crippen LogP) is 1.41. The van der Waals surface area contributed by atoms with Crippen molar-refractivity contribution in [3.05, 3.63) is 12.2 Å². The summed E-state index contributed by atoms with van der Waals surface area (Å²) in [6.07, 6.45) is 5.57. The van der Waals surface area contributed by atoms with Crippen LogP contribution < -0.4 is 11.5 Å². The summed E-state index contributed by atoms with van der Waals surface area (Å²) in [6, 6.07) is 0. The minimum absolute atomic E-state index is 0.774.